The Morgan fingerprint density at radius 1 is 1.06 bits per heavy atom. The second kappa shape index (κ2) is 7.40. The molecule has 6 rings (SSSR count). The number of oxazole rings is 1. The number of ether oxygens (including phenoxy) is 1. The van der Waals surface area contributed by atoms with Crippen LogP contribution in [0.5, 0.6) is 0 Å². The van der Waals surface area contributed by atoms with E-state index in [0.29, 0.717) is 12.4 Å². The number of anilines is 1. The van der Waals surface area contributed by atoms with Crippen molar-refractivity contribution in [2.45, 2.75) is 18.2 Å². The summed E-state index contributed by atoms with van der Waals surface area (Å²) in [7, 11) is 0. The van der Waals surface area contributed by atoms with Gasteiger partial charge < -0.3 is 19.2 Å². The molecule has 1 N–H and O–H groups in total. The summed E-state index contributed by atoms with van der Waals surface area (Å²) in [5, 5.41) is 10.1. The fraction of sp³-hybridized carbons (Fsp3) is 0.435. The lowest BCUT2D eigenvalue weighted by molar-refractivity contribution is -0.0650. The Bertz CT molecular complexity index is 1050. The molecule has 3 aliphatic rings. The smallest absolute Gasteiger partial charge is 0.226 e. The lowest BCUT2D eigenvalue weighted by Crippen LogP contribution is -2.54. The van der Waals surface area contributed by atoms with Crippen LogP contribution in [0.3, 0.4) is 0 Å². The molecule has 3 aromatic rings. The summed E-state index contributed by atoms with van der Waals surface area (Å²) in [6, 6.07) is 11.8. The van der Waals surface area contributed by atoms with Crippen LogP contribution in [0.25, 0.3) is 11.5 Å². The number of aliphatic hydroxyl groups excluding tert-OH is 1. The van der Waals surface area contributed by atoms with Crippen LogP contribution in [0.2, 0.25) is 0 Å². The maximum absolute atomic E-state index is 10.1. The summed E-state index contributed by atoms with van der Waals surface area (Å²) in [6.45, 7) is 3.95. The van der Waals surface area contributed by atoms with Crippen molar-refractivity contribution >= 4 is 5.95 Å². The molecule has 0 radical (unpaired) electrons. The summed E-state index contributed by atoms with van der Waals surface area (Å²) in [6.07, 6.45) is 5.29. The molecule has 3 fully saturated rings. The van der Waals surface area contributed by atoms with Crippen LogP contribution in [0.1, 0.15) is 5.69 Å². The molecular formula is C23H25N5O3. The summed E-state index contributed by atoms with van der Waals surface area (Å²) >= 11 is 0. The molecule has 4 atom stereocenters. The molecule has 0 saturated carbocycles. The molecule has 31 heavy (non-hydrogen) atoms. The molecule has 2 aromatic heterocycles. The van der Waals surface area contributed by atoms with Crippen molar-refractivity contribution in [3.8, 4) is 11.5 Å². The standard InChI is InChI=1S/C23H25N5O3/c29-12-18-19-10-27(9-17-13-30-21(26-17)16-5-2-1-3-6-16)14-23(19)15-28(11-20(18)31-23)22-24-7-4-8-25-22/h1-8,13,18-20,29H,9-12,14-15H2/t18-,19+,20+,23-/m0/s1. The molecular weight excluding hydrogens is 394 g/mol. The fourth-order valence-corrected chi connectivity index (χ4v) is 5.58. The minimum atomic E-state index is -0.318. The van der Waals surface area contributed by atoms with Crippen LogP contribution in [0.4, 0.5) is 5.95 Å². The van der Waals surface area contributed by atoms with Crippen molar-refractivity contribution in [1.29, 1.82) is 0 Å². The highest BCUT2D eigenvalue weighted by molar-refractivity contribution is 5.52. The third kappa shape index (κ3) is 3.22. The van der Waals surface area contributed by atoms with E-state index in [4.69, 9.17) is 9.15 Å². The Morgan fingerprint density at radius 2 is 1.90 bits per heavy atom. The molecule has 1 spiro atoms. The Labute approximate surface area is 180 Å². The van der Waals surface area contributed by atoms with Gasteiger partial charge in [-0.25, -0.2) is 15.0 Å². The van der Waals surface area contributed by atoms with Gasteiger partial charge in [-0.2, -0.15) is 0 Å². The Hall–Kier alpha value is -2.81. The number of morpholine rings is 1. The second-order valence-corrected chi connectivity index (χ2v) is 8.78. The summed E-state index contributed by atoms with van der Waals surface area (Å²) in [5.41, 5.74) is 1.57. The van der Waals surface area contributed by atoms with Crippen molar-refractivity contribution in [3.05, 3.63) is 60.7 Å². The molecule has 3 aliphatic heterocycles. The van der Waals surface area contributed by atoms with Gasteiger partial charge in [0.05, 0.1) is 18.3 Å². The zero-order valence-electron chi connectivity index (χ0n) is 17.2. The monoisotopic (exact) mass is 419 g/mol. The van der Waals surface area contributed by atoms with Crippen LogP contribution in [0, 0.1) is 11.8 Å². The normalized spacial score (nSPS) is 30.0. The highest BCUT2D eigenvalue weighted by Crippen LogP contribution is 2.49. The first-order valence-corrected chi connectivity index (χ1v) is 10.8. The number of aromatic nitrogens is 3. The van der Waals surface area contributed by atoms with Crippen molar-refractivity contribution in [2.75, 3.05) is 37.7 Å². The van der Waals surface area contributed by atoms with E-state index in [1.165, 1.54) is 0 Å². The van der Waals surface area contributed by atoms with Gasteiger partial charge in [0.25, 0.3) is 0 Å². The van der Waals surface area contributed by atoms with Crippen LogP contribution in [-0.2, 0) is 11.3 Å². The maximum atomic E-state index is 10.1. The summed E-state index contributed by atoms with van der Waals surface area (Å²) < 4.78 is 12.3. The number of aliphatic hydroxyl groups is 1. The number of benzene rings is 1. The fourth-order valence-electron chi connectivity index (χ4n) is 5.58. The Morgan fingerprint density at radius 3 is 2.71 bits per heavy atom. The highest BCUT2D eigenvalue weighted by atomic mass is 16.5. The van der Waals surface area contributed by atoms with Crippen LogP contribution < -0.4 is 4.90 Å². The van der Waals surface area contributed by atoms with Gasteiger partial charge >= 0.3 is 0 Å². The van der Waals surface area contributed by atoms with E-state index in [2.05, 4.69) is 24.8 Å². The lowest BCUT2D eigenvalue weighted by atomic mass is 9.83. The van der Waals surface area contributed by atoms with E-state index in [-0.39, 0.29) is 30.1 Å². The summed E-state index contributed by atoms with van der Waals surface area (Å²) in [5.74, 6) is 1.77. The van der Waals surface area contributed by atoms with Crippen molar-refractivity contribution in [2.24, 2.45) is 11.8 Å². The average molecular weight is 419 g/mol. The molecule has 160 valence electrons. The number of hydrogen-bond acceptors (Lipinski definition) is 8. The third-order valence-corrected chi connectivity index (χ3v) is 6.87. The van der Waals surface area contributed by atoms with E-state index in [1.54, 1.807) is 18.7 Å². The molecule has 1 aromatic carbocycles. The number of fused-ring (bicyclic) bond motifs is 1. The van der Waals surface area contributed by atoms with Gasteiger partial charge in [-0.1, -0.05) is 18.2 Å². The largest absolute Gasteiger partial charge is 0.444 e. The molecule has 8 heteroatoms. The predicted octanol–water partition coefficient (Wildman–Crippen LogP) is 1.83. The second-order valence-electron chi connectivity index (χ2n) is 8.78. The van der Waals surface area contributed by atoms with Gasteiger partial charge in [-0.15, -0.1) is 0 Å². The van der Waals surface area contributed by atoms with Gasteiger partial charge in [0.2, 0.25) is 11.8 Å². The van der Waals surface area contributed by atoms with E-state index in [1.807, 2.05) is 36.4 Å². The van der Waals surface area contributed by atoms with Crippen molar-refractivity contribution in [3.63, 3.8) is 0 Å². The lowest BCUT2D eigenvalue weighted by Gasteiger charge is -2.40. The van der Waals surface area contributed by atoms with Crippen LogP contribution >= 0.6 is 0 Å². The molecule has 8 nitrogen and oxygen atoms in total. The average Bonchev–Trinajstić information content (AvgIpc) is 3.45. The van der Waals surface area contributed by atoms with E-state index in [0.717, 1.165) is 43.4 Å². The van der Waals surface area contributed by atoms with E-state index in [9.17, 15) is 5.11 Å². The Balaban J connectivity index is 1.21. The summed E-state index contributed by atoms with van der Waals surface area (Å²) in [4.78, 5) is 18.1. The molecule has 5 heterocycles. The minimum Gasteiger partial charge on any atom is -0.444 e. The number of nitrogens with zero attached hydrogens (tertiary/aromatic N) is 5. The zero-order chi connectivity index (χ0) is 20.8. The van der Waals surface area contributed by atoms with Crippen LogP contribution in [-0.4, -0.2) is 69.4 Å². The topological polar surface area (TPSA) is 87.8 Å². The zero-order valence-corrected chi connectivity index (χ0v) is 17.2. The van der Waals surface area contributed by atoms with Crippen LogP contribution in [0.15, 0.2) is 59.5 Å². The van der Waals surface area contributed by atoms with Gasteiger partial charge in [-0.3, -0.25) is 4.90 Å². The number of hydrogen-bond donors (Lipinski definition) is 1. The molecule has 0 amide bonds. The molecule has 2 bridgehead atoms. The number of likely N-dealkylation sites (tertiary alicyclic amines) is 1. The SMILES string of the molecule is OC[C@H]1[C@H]2CN(Cc3coc(-c4ccccc4)n3)C[C@]23CN(c2ncccn2)C[C@H]1O3. The first kappa shape index (κ1) is 18.9. The van der Waals surface area contributed by atoms with Crippen molar-refractivity contribution < 1.29 is 14.3 Å². The number of rotatable bonds is 5. The van der Waals surface area contributed by atoms with Crippen molar-refractivity contribution in [1.82, 2.24) is 19.9 Å². The first-order valence-electron chi connectivity index (χ1n) is 10.8. The van der Waals surface area contributed by atoms with Gasteiger partial charge in [0.15, 0.2) is 0 Å². The molecule has 0 unspecified atom stereocenters. The third-order valence-electron chi connectivity index (χ3n) is 6.87. The van der Waals surface area contributed by atoms with Gasteiger partial charge in [-0.05, 0) is 18.2 Å². The quantitative estimate of drug-likeness (QED) is 0.670. The Kier molecular flexibility index (Phi) is 4.52. The highest BCUT2D eigenvalue weighted by Gasteiger charge is 2.62. The molecule has 3 saturated heterocycles. The predicted molar refractivity (Wildman–Crippen MR) is 113 cm³/mol. The molecule has 0 aliphatic carbocycles. The minimum absolute atomic E-state index is 0.00596. The van der Waals surface area contributed by atoms with E-state index >= 15 is 0 Å². The maximum Gasteiger partial charge on any atom is 0.226 e. The van der Waals surface area contributed by atoms with Gasteiger partial charge in [0.1, 0.15) is 11.9 Å². The first-order chi connectivity index (χ1) is 15.2. The van der Waals surface area contributed by atoms with E-state index < -0.39 is 0 Å². The van der Waals surface area contributed by atoms with Gasteiger partial charge in [0, 0.05) is 62.6 Å².